The Bertz CT molecular complexity index is 163. The topological polar surface area (TPSA) is 74.3 Å². The van der Waals surface area contributed by atoms with Gasteiger partial charge in [0.2, 0.25) is 0 Å². The van der Waals surface area contributed by atoms with Crippen LogP contribution in [0.15, 0.2) is 0 Å². The minimum atomic E-state index is -1.80. The molecule has 0 radical (unpaired) electrons. The summed E-state index contributed by atoms with van der Waals surface area (Å²) in [6.45, 7) is 1.14. The van der Waals surface area contributed by atoms with Crippen LogP contribution < -0.4 is 56.5 Å². The molecule has 0 N–H and O–H groups in total. The SMILES string of the molecule is CC(=O)CC(=O)C(=O)[O-].[K+]. The smallest absolute Gasteiger partial charge is 0.542 e. The number of hydrogen-bond donors (Lipinski definition) is 0. The van der Waals surface area contributed by atoms with Gasteiger partial charge >= 0.3 is 51.4 Å². The van der Waals surface area contributed by atoms with Gasteiger partial charge in [0.05, 0.1) is 6.42 Å². The Kier molecular flexibility index (Phi) is 8.07. The van der Waals surface area contributed by atoms with Gasteiger partial charge in [-0.25, -0.2) is 0 Å². The average Bonchev–Trinajstić information content (AvgIpc) is 1.63. The van der Waals surface area contributed by atoms with Gasteiger partial charge in [0.1, 0.15) is 11.8 Å². The molecule has 0 unspecified atom stereocenters. The fraction of sp³-hybridized carbons (Fsp3) is 0.400. The summed E-state index contributed by atoms with van der Waals surface area (Å²) in [5.74, 6) is -3.43. The van der Waals surface area contributed by atoms with Crippen LogP contribution in [0.4, 0.5) is 0 Å². The van der Waals surface area contributed by atoms with Crippen LogP contribution in [0.2, 0.25) is 0 Å². The number of hydrogen-bond acceptors (Lipinski definition) is 4. The van der Waals surface area contributed by atoms with Crippen LogP contribution in [0.1, 0.15) is 13.3 Å². The van der Waals surface area contributed by atoms with Gasteiger partial charge in [0, 0.05) is 0 Å². The maximum Gasteiger partial charge on any atom is 1.00 e. The summed E-state index contributed by atoms with van der Waals surface area (Å²) < 4.78 is 0. The first kappa shape index (κ1) is 13.1. The van der Waals surface area contributed by atoms with Crippen LogP contribution in [0.5, 0.6) is 0 Å². The van der Waals surface area contributed by atoms with Crippen molar-refractivity contribution in [1.29, 1.82) is 0 Å². The van der Waals surface area contributed by atoms with Gasteiger partial charge in [-0.05, 0) is 6.92 Å². The van der Waals surface area contributed by atoms with Crippen LogP contribution in [-0.4, -0.2) is 17.5 Å². The van der Waals surface area contributed by atoms with Gasteiger partial charge in [-0.2, -0.15) is 0 Å². The van der Waals surface area contributed by atoms with Crippen LogP contribution in [0, 0.1) is 0 Å². The zero-order valence-electron chi connectivity index (χ0n) is 5.84. The molecule has 0 aromatic rings. The van der Waals surface area contributed by atoms with E-state index >= 15 is 0 Å². The summed E-state index contributed by atoms with van der Waals surface area (Å²) in [5.41, 5.74) is 0. The Labute approximate surface area is 100 Å². The van der Waals surface area contributed by atoms with Gasteiger partial charge in [-0.3, -0.25) is 9.59 Å². The predicted octanol–water partition coefficient (Wildman–Crippen LogP) is -4.71. The molecule has 0 bridgehead atoms. The summed E-state index contributed by atoms with van der Waals surface area (Å²) >= 11 is 0. The zero-order chi connectivity index (χ0) is 7.44. The van der Waals surface area contributed by atoms with Crippen molar-refractivity contribution in [3.63, 3.8) is 0 Å². The van der Waals surface area contributed by atoms with E-state index in [2.05, 4.69) is 0 Å². The molecule has 5 heteroatoms. The molecule has 0 aliphatic rings. The van der Waals surface area contributed by atoms with E-state index < -0.39 is 24.0 Å². The van der Waals surface area contributed by atoms with Crippen molar-refractivity contribution in [3.8, 4) is 0 Å². The van der Waals surface area contributed by atoms with Crippen molar-refractivity contribution >= 4 is 17.5 Å². The van der Waals surface area contributed by atoms with Crippen LogP contribution in [0.25, 0.3) is 0 Å². The zero-order valence-corrected chi connectivity index (χ0v) is 8.96. The minimum Gasteiger partial charge on any atom is -0.542 e. The molecule has 0 aliphatic heterocycles. The molecule has 0 aromatic heterocycles. The van der Waals surface area contributed by atoms with Crippen molar-refractivity contribution < 1.29 is 70.9 Å². The Hall–Kier alpha value is 0.446. The number of aliphatic carboxylic acids is 1. The second kappa shape index (κ2) is 6.18. The predicted molar refractivity (Wildman–Crippen MR) is 25.3 cm³/mol. The molecule has 50 valence electrons. The third-order valence-electron chi connectivity index (χ3n) is 0.637. The first-order valence-electron chi connectivity index (χ1n) is 2.27. The quantitative estimate of drug-likeness (QED) is 0.241. The number of carboxylic acids is 1. The molecule has 0 amide bonds. The first-order chi connectivity index (χ1) is 4.04. The molecule has 0 saturated heterocycles. The van der Waals surface area contributed by atoms with E-state index in [1.54, 1.807) is 0 Å². The normalized spacial score (nSPS) is 7.70. The molecule has 0 heterocycles. The molecular weight excluding hydrogens is 163 g/mol. The number of rotatable bonds is 3. The largest absolute Gasteiger partial charge is 1.00 e. The van der Waals surface area contributed by atoms with Crippen molar-refractivity contribution in [3.05, 3.63) is 0 Å². The summed E-state index contributed by atoms with van der Waals surface area (Å²) in [5, 5.41) is 9.62. The molecule has 0 spiro atoms. The van der Waals surface area contributed by atoms with E-state index in [4.69, 9.17) is 0 Å². The van der Waals surface area contributed by atoms with E-state index in [0.29, 0.717) is 0 Å². The van der Waals surface area contributed by atoms with E-state index in [1.807, 2.05) is 0 Å². The van der Waals surface area contributed by atoms with E-state index in [0.717, 1.165) is 6.92 Å². The molecule has 0 fully saturated rings. The van der Waals surface area contributed by atoms with Gasteiger partial charge in [0.15, 0.2) is 5.78 Å². The van der Waals surface area contributed by atoms with E-state index in [9.17, 15) is 19.5 Å². The van der Waals surface area contributed by atoms with Crippen molar-refractivity contribution in [1.82, 2.24) is 0 Å². The Balaban J connectivity index is 0. The summed E-state index contributed by atoms with van der Waals surface area (Å²) in [7, 11) is 0. The second-order valence-electron chi connectivity index (χ2n) is 1.59. The summed E-state index contributed by atoms with van der Waals surface area (Å²) in [4.78, 5) is 29.7. The van der Waals surface area contributed by atoms with Gasteiger partial charge < -0.3 is 9.90 Å². The van der Waals surface area contributed by atoms with Crippen LogP contribution in [0.3, 0.4) is 0 Å². The third kappa shape index (κ3) is 6.56. The van der Waals surface area contributed by atoms with Crippen molar-refractivity contribution in [2.45, 2.75) is 13.3 Å². The number of carboxylic acid groups (broad SMARTS) is 1. The van der Waals surface area contributed by atoms with Crippen molar-refractivity contribution in [2.24, 2.45) is 0 Å². The van der Waals surface area contributed by atoms with Crippen molar-refractivity contribution in [2.75, 3.05) is 0 Å². The number of ketones is 2. The monoisotopic (exact) mass is 168 g/mol. The molecular formula is C5H5KO4. The maximum absolute atomic E-state index is 10.1. The molecule has 0 atom stereocenters. The standard InChI is InChI=1S/C5H6O4.K/c1-3(6)2-4(7)5(8)9;/h2H2,1H3,(H,8,9);/q;+1/p-1. The molecule has 0 saturated carbocycles. The van der Waals surface area contributed by atoms with E-state index in [-0.39, 0.29) is 51.4 Å². The van der Waals surface area contributed by atoms with Gasteiger partial charge in [0.25, 0.3) is 0 Å². The molecule has 0 rings (SSSR count). The second-order valence-corrected chi connectivity index (χ2v) is 1.59. The first-order valence-corrected chi connectivity index (χ1v) is 2.27. The number of carbonyl (C=O) groups is 3. The third-order valence-corrected chi connectivity index (χ3v) is 0.637. The minimum absolute atomic E-state index is 0. The van der Waals surface area contributed by atoms with E-state index in [1.165, 1.54) is 0 Å². The van der Waals surface area contributed by atoms with Crippen LogP contribution in [-0.2, 0) is 14.4 Å². The van der Waals surface area contributed by atoms with Crippen LogP contribution >= 0.6 is 0 Å². The fourth-order valence-corrected chi connectivity index (χ4v) is 0.298. The maximum atomic E-state index is 10.1. The Morgan fingerprint density at radius 2 is 1.70 bits per heavy atom. The summed E-state index contributed by atoms with van der Waals surface area (Å²) in [6.07, 6.45) is -0.567. The molecule has 0 aromatic carbocycles. The molecule has 4 nitrogen and oxygen atoms in total. The Morgan fingerprint density at radius 1 is 1.30 bits per heavy atom. The fourth-order valence-electron chi connectivity index (χ4n) is 0.298. The molecule has 10 heavy (non-hydrogen) atoms. The number of carbonyl (C=O) groups excluding carboxylic acids is 3. The Morgan fingerprint density at radius 3 is 1.80 bits per heavy atom. The number of Topliss-reactive ketones (excluding diaryl/α,β-unsaturated/α-hetero) is 2. The van der Waals surface area contributed by atoms with Gasteiger partial charge in [-0.1, -0.05) is 0 Å². The molecule has 0 aliphatic carbocycles. The summed E-state index contributed by atoms with van der Waals surface area (Å²) in [6, 6.07) is 0. The van der Waals surface area contributed by atoms with Gasteiger partial charge in [-0.15, -0.1) is 0 Å². The average molecular weight is 168 g/mol.